The van der Waals surface area contributed by atoms with E-state index >= 15 is 0 Å². The maximum absolute atomic E-state index is 13.0. The van der Waals surface area contributed by atoms with Gasteiger partial charge in [-0.25, -0.2) is 14.8 Å². The number of carbonyl (C=O) groups excluding carboxylic acids is 2. The molecule has 9 heteroatoms. The number of rotatable bonds is 7. The Morgan fingerprint density at radius 1 is 0.944 bits per heavy atom. The van der Waals surface area contributed by atoms with Gasteiger partial charge in [0.2, 0.25) is 0 Å². The molecule has 0 aliphatic rings. The van der Waals surface area contributed by atoms with Crippen molar-refractivity contribution in [2.24, 2.45) is 0 Å². The first kappa shape index (κ1) is 23.3. The molecule has 8 nitrogen and oxygen atoms in total. The first-order chi connectivity index (χ1) is 17.5. The molecule has 180 valence electrons. The standard InChI is InChI=1S/C27H22N4O4S/c1-16(25(32)31-27-30-22(15-36-27)19-11-5-8-14-23(19)34-2)35-26(33)18-10-4-3-9-17(18)24-28-20-12-6-7-13-21(20)29-24/h3-16H,1-2H3,(H,28,29)(H,30,31,32). The minimum absolute atomic E-state index is 0.309. The average molecular weight is 499 g/mol. The van der Waals surface area contributed by atoms with E-state index in [0.717, 1.165) is 16.6 Å². The lowest BCUT2D eigenvalue weighted by Gasteiger charge is -2.13. The topological polar surface area (TPSA) is 106 Å². The average Bonchev–Trinajstić information content (AvgIpc) is 3.55. The van der Waals surface area contributed by atoms with Gasteiger partial charge in [-0.3, -0.25) is 10.1 Å². The largest absolute Gasteiger partial charge is 0.496 e. The van der Waals surface area contributed by atoms with Crippen LogP contribution in [-0.4, -0.2) is 40.0 Å². The van der Waals surface area contributed by atoms with Crippen molar-refractivity contribution in [3.63, 3.8) is 0 Å². The highest BCUT2D eigenvalue weighted by Crippen LogP contribution is 2.32. The summed E-state index contributed by atoms with van der Waals surface area (Å²) in [6, 6.07) is 22.1. The summed E-state index contributed by atoms with van der Waals surface area (Å²) in [7, 11) is 1.59. The number of benzene rings is 3. The number of fused-ring (bicyclic) bond motifs is 1. The predicted molar refractivity (Wildman–Crippen MR) is 139 cm³/mol. The number of H-pyrrole nitrogens is 1. The van der Waals surface area contributed by atoms with E-state index in [9.17, 15) is 9.59 Å². The molecule has 0 radical (unpaired) electrons. The number of nitrogens with one attached hydrogen (secondary N) is 2. The molecule has 36 heavy (non-hydrogen) atoms. The molecule has 2 aromatic heterocycles. The Labute approximate surface area is 210 Å². The zero-order valence-corrected chi connectivity index (χ0v) is 20.3. The summed E-state index contributed by atoms with van der Waals surface area (Å²) in [5, 5.41) is 4.94. The second-order valence-corrected chi connectivity index (χ2v) is 8.78. The summed E-state index contributed by atoms with van der Waals surface area (Å²) < 4.78 is 10.9. The van der Waals surface area contributed by atoms with Crippen molar-refractivity contribution in [1.82, 2.24) is 15.0 Å². The molecule has 0 aliphatic carbocycles. The van der Waals surface area contributed by atoms with E-state index in [4.69, 9.17) is 9.47 Å². The number of aromatic nitrogens is 3. The predicted octanol–water partition coefficient (Wildman–Crippen LogP) is 5.55. The number of aromatic amines is 1. The van der Waals surface area contributed by atoms with E-state index in [0.29, 0.717) is 33.5 Å². The minimum atomic E-state index is -1.04. The van der Waals surface area contributed by atoms with Crippen molar-refractivity contribution >= 4 is 39.4 Å². The number of amides is 1. The molecule has 0 aliphatic heterocycles. The fraction of sp³-hybridized carbons (Fsp3) is 0.111. The third-order valence-electron chi connectivity index (χ3n) is 5.56. The molecule has 1 amide bonds. The molecule has 2 heterocycles. The fourth-order valence-corrected chi connectivity index (χ4v) is 4.46. The van der Waals surface area contributed by atoms with Crippen LogP contribution in [0.1, 0.15) is 17.3 Å². The lowest BCUT2D eigenvalue weighted by molar-refractivity contribution is -0.123. The number of hydrogen-bond donors (Lipinski definition) is 2. The summed E-state index contributed by atoms with van der Waals surface area (Å²) in [4.78, 5) is 38.0. The number of ether oxygens (including phenoxy) is 2. The minimum Gasteiger partial charge on any atom is -0.496 e. The lowest BCUT2D eigenvalue weighted by Crippen LogP contribution is -2.30. The smallest absolute Gasteiger partial charge is 0.339 e. The maximum atomic E-state index is 13.0. The molecule has 1 unspecified atom stereocenters. The molecule has 0 saturated heterocycles. The van der Waals surface area contributed by atoms with Gasteiger partial charge in [0.05, 0.1) is 29.4 Å². The van der Waals surface area contributed by atoms with Gasteiger partial charge in [-0.2, -0.15) is 0 Å². The van der Waals surface area contributed by atoms with Crippen molar-refractivity contribution in [1.29, 1.82) is 0 Å². The van der Waals surface area contributed by atoms with Crippen LogP contribution in [-0.2, 0) is 9.53 Å². The molecular weight excluding hydrogens is 476 g/mol. The molecule has 0 bridgehead atoms. The SMILES string of the molecule is COc1ccccc1-c1csc(NC(=O)C(C)OC(=O)c2ccccc2-c2nc3ccccc3[nH]2)n1. The van der Waals surface area contributed by atoms with E-state index in [1.165, 1.54) is 18.3 Å². The number of hydrogen-bond acceptors (Lipinski definition) is 7. The van der Waals surface area contributed by atoms with Gasteiger partial charge in [0, 0.05) is 16.5 Å². The summed E-state index contributed by atoms with van der Waals surface area (Å²) >= 11 is 1.27. The zero-order valence-electron chi connectivity index (χ0n) is 19.5. The first-order valence-corrected chi connectivity index (χ1v) is 12.1. The van der Waals surface area contributed by atoms with E-state index in [2.05, 4.69) is 20.3 Å². The molecule has 0 spiro atoms. The van der Waals surface area contributed by atoms with Gasteiger partial charge in [0.15, 0.2) is 11.2 Å². The van der Waals surface area contributed by atoms with Crippen LogP contribution in [0.5, 0.6) is 5.75 Å². The van der Waals surface area contributed by atoms with Gasteiger partial charge in [-0.05, 0) is 37.3 Å². The second-order valence-electron chi connectivity index (χ2n) is 7.92. The molecule has 5 aromatic rings. The maximum Gasteiger partial charge on any atom is 0.339 e. The quantitative estimate of drug-likeness (QED) is 0.285. The van der Waals surface area contributed by atoms with E-state index in [-0.39, 0.29) is 0 Å². The summed E-state index contributed by atoms with van der Waals surface area (Å²) in [5.41, 5.74) is 4.05. The zero-order chi connectivity index (χ0) is 25.1. The third kappa shape index (κ3) is 4.69. The van der Waals surface area contributed by atoms with Crippen LogP contribution in [0.2, 0.25) is 0 Å². The first-order valence-electron chi connectivity index (χ1n) is 11.2. The molecule has 5 rings (SSSR count). The van der Waals surface area contributed by atoms with Crippen molar-refractivity contribution < 1.29 is 19.1 Å². The fourth-order valence-electron chi connectivity index (χ4n) is 3.74. The molecule has 0 fully saturated rings. The number of methoxy groups -OCH3 is 1. The van der Waals surface area contributed by atoms with E-state index < -0.39 is 18.0 Å². The summed E-state index contributed by atoms with van der Waals surface area (Å²) in [6.07, 6.45) is -1.04. The van der Waals surface area contributed by atoms with Crippen molar-refractivity contribution in [3.05, 3.63) is 83.7 Å². The van der Waals surface area contributed by atoms with Crippen LogP contribution < -0.4 is 10.1 Å². The van der Waals surface area contributed by atoms with Crippen LogP contribution in [0.25, 0.3) is 33.7 Å². The van der Waals surface area contributed by atoms with Crippen molar-refractivity contribution in [2.45, 2.75) is 13.0 Å². The van der Waals surface area contributed by atoms with Crippen LogP contribution >= 0.6 is 11.3 Å². The Balaban J connectivity index is 1.29. The Morgan fingerprint density at radius 3 is 2.47 bits per heavy atom. The monoisotopic (exact) mass is 498 g/mol. The molecule has 2 N–H and O–H groups in total. The van der Waals surface area contributed by atoms with Crippen LogP contribution in [0.4, 0.5) is 5.13 Å². The lowest BCUT2D eigenvalue weighted by atomic mass is 10.1. The number of carbonyl (C=O) groups is 2. The number of para-hydroxylation sites is 3. The van der Waals surface area contributed by atoms with Gasteiger partial charge >= 0.3 is 5.97 Å². The van der Waals surface area contributed by atoms with Crippen molar-refractivity contribution in [2.75, 3.05) is 12.4 Å². The van der Waals surface area contributed by atoms with Gasteiger partial charge in [-0.15, -0.1) is 11.3 Å². The number of imidazole rings is 1. The number of nitrogens with zero attached hydrogens (tertiary/aromatic N) is 2. The Morgan fingerprint density at radius 2 is 1.67 bits per heavy atom. The van der Waals surface area contributed by atoms with Crippen LogP contribution in [0.3, 0.4) is 0 Å². The van der Waals surface area contributed by atoms with E-state index in [1.54, 1.807) is 25.3 Å². The van der Waals surface area contributed by atoms with Crippen LogP contribution in [0, 0.1) is 0 Å². The molecule has 1 atom stereocenters. The van der Waals surface area contributed by atoms with Gasteiger partial charge in [0.25, 0.3) is 5.91 Å². The highest BCUT2D eigenvalue weighted by atomic mass is 32.1. The van der Waals surface area contributed by atoms with Gasteiger partial charge < -0.3 is 14.5 Å². The van der Waals surface area contributed by atoms with E-state index in [1.807, 2.05) is 60.0 Å². The van der Waals surface area contributed by atoms with Gasteiger partial charge in [-0.1, -0.05) is 42.5 Å². The number of esters is 1. The third-order valence-corrected chi connectivity index (χ3v) is 6.32. The molecule has 3 aromatic carbocycles. The Hall–Kier alpha value is -4.50. The highest BCUT2D eigenvalue weighted by Gasteiger charge is 2.23. The molecular formula is C27H22N4O4S. The summed E-state index contributed by atoms with van der Waals surface area (Å²) in [6.45, 7) is 1.52. The molecule has 0 saturated carbocycles. The van der Waals surface area contributed by atoms with Crippen molar-refractivity contribution in [3.8, 4) is 28.4 Å². The Kier molecular flexibility index (Phi) is 6.46. The Bertz CT molecular complexity index is 1530. The number of thiazole rings is 1. The second kappa shape index (κ2) is 10.0. The van der Waals surface area contributed by atoms with Gasteiger partial charge in [0.1, 0.15) is 11.6 Å². The normalized spacial score (nSPS) is 11.7. The number of anilines is 1. The summed E-state index contributed by atoms with van der Waals surface area (Å²) in [5.74, 6) is 0.131. The highest BCUT2D eigenvalue weighted by molar-refractivity contribution is 7.14. The van der Waals surface area contributed by atoms with Crippen LogP contribution in [0.15, 0.2) is 78.2 Å².